The Balaban J connectivity index is 5.82. The van der Waals surface area contributed by atoms with E-state index in [1.807, 2.05) is 0 Å². The van der Waals surface area contributed by atoms with Crippen LogP contribution in [0.3, 0.4) is 0 Å². The van der Waals surface area contributed by atoms with Crippen LogP contribution in [0.5, 0.6) is 0 Å². The average Bonchev–Trinajstić information content (AvgIpc) is 2.00. The molecule has 0 aromatic heterocycles. The van der Waals surface area contributed by atoms with Crippen molar-refractivity contribution in [2.24, 2.45) is 0 Å². The molecule has 0 rings (SSSR count). The predicted octanol–water partition coefficient (Wildman–Crippen LogP) is 1.07. The van der Waals surface area contributed by atoms with Gasteiger partial charge in [-0.15, -0.1) is 0 Å². The molecule has 0 saturated carbocycles. The van der Waals surface area contributed by atoms with Crippen molar-refractivity contribution in [2.45, 2.75) is 16.4 Å². The molecule has 0 saturated heterocycles. The first-order chi connectivity index (χ1) is 6.69. The molecule has 1 unspecified atom stereocenters. The first-order valence-corrected chi connectivity index (χ1v) is 5.47. The summed E-state index contributed by atoms with van der Waals surface area (Å²) in [5.74, 6) is -6.76. The molecule has 0 aliphatic heterocycles. The third kappa shape index (κ3) is 2.03. The molecule has 0 fully saturated rings. The van der Waals surface area contributed by atoms with Gasteiger partial charge in [0.15, 0.2) is 0 Å². The molecule has 1 atom stereocenters. The summed E-state index contributed by atoms with van der Waals surface area (Å²) in [6.45, 7) is 0. The molecule has 1 N–H and O–H groups in total. The van der Waals surface area contributed by atoms with Crippen LogP contribution >= 0.6 is 0 Å². The van der Waals surface area contributed by atoms with E-state index in [1.165, 1.54) is 0 Å². The van der Waals surface area contributed by atoms with Crippen molar-refractivity contribution >= 4 is 21.1 Å². The van der Waals surface area contributed by atoms with Gasteiger partial charge in [-0.25, -0.2) is 8.42 Å². The number of hydrogen-bond acceptors (Lipinski definition) is 4. The van der Waals surface area contributed by atoms with Crippen molar-refractivity contribution in [3.05, 3.63) is 5.14 Å². The van der Waals surface area contributed by atoms with E-state index in [4.69, 9.17) is 5.14 Å². The zero-order valence-corrected chi connectivity index (χ0v) is 8.35. The summed E-state index contributed by atoms with van der Waals surface area (Å²) in [6.07, 6.45) is 0. The number of hydrogen-bond donors (Lipinski definition) is 0. The summed E-state index contributed by atoms with van der Waals surface area (Å²) in [7, 11) is -6.66. The van der Waals surface area contributed by atoms with E-state index in [1.54, 1.807) is 0 Å². The van der Waals surface area contributed by atoms with Gasteiger partial charge in [0.05, 0.1) is 0 Å². The van der Waals surface area contributed by atoms with Gasteiger partial charge in [0, 0.05) is 11.1 Å². The number of rotatable bonds is 4. The highest BCUT2D eigenvalue weighted by Crippen LogP contribution is 2.49. The Labute approximate surface area is 86.9 Å². The topological polar surface area (TPSA) is 98.1 Å². The molecule has 16 heavy (non-hydrogen) atoms. The fourth-order valence-electron chi connectivity index (χ4n) is 0.443. The highest BCUT2D eigenvalue weighted by molar-refractivity contribution is 7.94. The monoisotopic (exact) mass is 293 g/mol. The molecule has 0 aliphatic rings. The van der Waals surface area contributed by atoms with Gasteiger partial charge in [0.1, 0.15) is 10.0 Å². The van der Waals surface area contributed by atoms with Crippen LogP contribution in [0, 0.1) is 0 Å². The zero-order chi connectivity index (χ0) is 13.6. The molecule has 0 aliphatic carbocycles. The Bertz CT molecular complexity index is 404. The maximum Gasteiger partial charge on any atom is 0.398 e. The summed E-state index contributed by atoms with van der Waals surface area (Å²) in [5, 5.41) is -7.25. The molecule has 0 amide bonds. The lowest BCUT2D eigenvalue weighted by molar-refractivity contribution is -0.243. The first-order valence-electron chi connectivity index (χ1n) is 2.91. The van der Waals surface area contributed by atoms with Crippen molar-refractivity contribution in [1.82, 2.24) is 0 Å². The summed E-state index contributed by atoms with van der Waals surface area (Å²) in [5.41, 5.74) is 0. The van der Waals surface area contributed by atoms with E-state index in [0.29, 0.717) is 0 Å². The van der Waals surface area contributed by atoms with E-state index < -0.39 is 37.5 Å². The van der Waals surface area contributed by atoms with Gasteiger partial charge in [0.25, 0.3) is 0 Å². The van der Waals surface area contributed by atoms with Gasteiger partial charge in [-0.3, -0.25) is 4.21 Å². The molecule has 0 spiro atoms. The van der Waals surface area contributed by atoms with Gasteiger partial charge in [-0.2, -0.15) is 26.3 Å². The minimum atomic E-state index is -6.76. The van der Waals surface area contributed by atoms with Gasteiger partial charge in [0.2, 0.25) is 0 Å². The normalized spacial score (nSPS) is 17.2. The lowest BCUT2D eigenvalue weighted by Gasteiger charge is -2.34. The second kappa shape index (κ2) is 3.82. The fourth-order valence-corrected chi connectivity index (χ4v) is 1.31. The molecule has 0 aromatic rings. The second-order valence-electron chi connectivity index (χ2n) is 2.35. The minimum absolute atomic E-state index is 4.99. The van der Waals surface area contributed by atoms with Crippen molar-refractivity contribution in [3.63, 3.8) is 0 Å². The Morgan fingerprint density at radius 3 is 1.56 bits per heavy atom. The van der Waals surface area contributed by atoms with E-state index >= 15 is 0 Å². The minimum Gasteiger partial charge on any atom is -0.768 e. The molecule has 98 valence electrons. The molecular formula is C3HF6NO4S2-2. The number of halogens is 6. The highest BCUT2D eigenvalue weighted by atomic mass is 32.2. The molecule has 0 radical (unpaired) electrons. The average molecular weight is 293 g/mol. The second-order valence-corrected chi connectivity index (χ2v) is 4.85. The quantitative estimate of drug-likeness (QED) is 0.571. The third-order valence-electron chi connectivity index (χ3n) is 1.28. The summed E-state index contributed by atoms with van der Waals surface area (Å²) < 4.78 is 113. The number of sulfonamides is 1. The lowest BCUT2D eigenvalue weighted by Crippen LogP contribution is -2.58. The van der Waals surface area contributed by atoms with Crippen molar-refractivity contribution < 1.29 is 43.5 Å². The maximum atomic E-state index is 12.3. The van der Waals surface area contributed by atoms with Gasteiger partial charge in [-0.05, 0) is 0 Å². The van der Waals surface area contributed by atoms with Crippen LogP contribution in [0.25, 0.3) is 5.14 Å². The van der Waals surface area contributed by atoms with Gasteiger partial charge < -0.3 is 9.69 Å². The van der Waals surface area contributed by atoms with Crippen LogP contribution in [0.2, 0.25) is 0 Å². The van der Waals surface area contributed by atoms with E-state index in [2.05, 4.69) is 0 Å². The molecule has 0 bridgehead atoms. The van der Waals surface area contributed by atoms with Gasteiger partial charge >= 0.3 is 16.4 Å². The number of alkyl halides is 6. The van der Waals surface area contributed by atoms with Gasteiger partial charge in [-0.1, -0.05) is 0 Å². The van der Waals surface area contributed by atoms with Crippen LogP contribution in [0.1, 0.15) is 0 Å². The summed E-state index contributed by atoms with van der Waals surface area (Å²) >= 11 is -4.99. The molecule has 0 heterocycles. The fraction of sp³-hybridized carbons (Fsp3) is 1.00. The Hall–Kier alpha value is -0.400. The summed E-state index contributed by atoms with van der Waals surface area (Å²) in [6, 6.07) is 0. The molecule has 0 aromatic carbocycles. The Morgan fingerprint density at radius 2 is 1.38 bits per heavy atom. The van der Waals surface area contributed by atoms with Crippen molar-refractivity contribution in [1.29, 1.82) is 0 Å². The van der Waals surface area contributed by atoms with Crippen LogP contribution in [0.4, 0.5) is 26.3 Å². The van der Waals surface area contributed by atoms with E-state index in [0.717, 1.165) is 0 Å². The lowest BCUT2D eigenvalue weighted by atomic mass is 10.3. The van der Waals surface area contributed by atoms with E-state index in [9.17, 15) is 43.5 Å². The predicted molar refractivity (Wildman–Crippen MR) is 37.0 cm³/mol. The van der Waals surface area contributed by atoms with Crippen LogP contribution in [-0.2, 0) is 21.1 Å². The Morgan fingerprint density at radius 1 is 1.06 bits per heavy atom. The van der Waals surface area contributed by atoms with Crippen LogP contribution < -0.4 is 0 Å². The van der Waals surface area contributed by atoms with E-state index in [-0.39, 0.29) is 0 Å². The maximum absolute atomic E-state index is 12.3. The van der Waals surface area contributed by atoms with Crippen molar-refractivity contribution in [3.8, 4) is 0 Å². The SMILES string of the molecule is [NH-]S(=O)(=O)C(F)(F)C(F)(F)C(F)(F)S(=O)[O-]. The van der Waals surface area contributed by atoms with Crippen molar-refractivity contribution in [2.75, 3.05) is 0 Å². The highest BCUT2D eigenvalue weighted by Gasteiger charge is 2.75. The first kappa shape index (κ1) is 15.6. The summed E-state index contributed by atoms with van der Waals surface area (Å²) in [4.78, 5) is 0. The van der Waals surface area contributed by atoms with Crippen LogP contribution in [0.15, 0.2) is 0 Å². The molecule has 5 nitrogen and oxygen atoms in total. The zero-order valence-electron chi connectivity index (χ0n) is 6.72. The van der Waals surface area contributed by atoms with Crippen LogP contribution in [-0.4, -0.2) is 33.6 Å². The number of nitrogens with one attached hydrogen (secondary N) is 1. The standard InChI is InChI=1S/C3H2F6NO4S2/c4-1(5,2(6,7)15(11)12)3(8,9)16(10,13)14/h(H2-,10,11,12,13,14)/q-1/p-1. The largest absolute Gasteiger partial charge is 0.768 e. The molecular weight excluding hydrogens is 292 g/mol. The Kier molecular flexibility index (Phi) is 3.72. The smallest absolute Gasteiger partial charge is 0.398 e. The third-order valence-corrected chi connectivity index (χ3v) is 2.88. The molecule has 13 heteroatoms.